The zero-order chi connectivity index (χ0) is 19.3. The third kappa shape index (κ3) is 4.07. The molecule has 1 aliphatic rings. The minimum atomic E-state index is -0.0656. The molecule has 142 valence electrons. The van der Waals surface area contributed by atoms with Crippen LogP contribution in [0.1, 0.15) is 22.8 Å². The van der Waals surface area contributed by atoms with Crippen LogP contribution >= 0.6 is 0 Å². The number of rotatable bonds is 7. The van der Waals surface area contributed by atoms with Crippen molar-refractivity contribution in [2.75, 3.05) is 18.1 Å². The second-order valence-electron chi connectivity index (χ2n) is 6.75. The predicted octanol–water partition coefficient (Wildman–Crippen LogP) is 5.01. The standard InChI is InChI=1S/C24H23NO3/c1-2-18-15-19(13-14-23(18)28-17-22-16-27-22)24(26)25(20-9-5-3-6-10-20)21-11-7-4-8-12-21/h3-15,22H,2,16-17H2,1H3. The van der Waals surface area contributed by atoms with Crippen LogP contribution in [0.5, 0.6) is 5.75 Å². The molecule has 1 atom stereocenters. The molecule has 1 saturated heterocycles. The SMILES string of the molecule is CCc1cc(C(=O)N(c2ccccc2)c2ccccc2)ccc1OCC1CO1. The van der Waals surface area contributed by atoms with Gasteiger partial charge in [0.05, 0.1) is 6.61 Å². The normalized spacial score (nSPS) is 15.1. The Bertz CT molecular complexity index is 897. The Labute approximate surface area is 165 Å². The Hall–Kier alpha value is -3.11. The highest BCUT2D eigenvalue weighted by atomic mass is 16.6. The number of carbonyl (C=O) groups excluding carboxylic acids is 1. The molecule has 1 aliphatic heterocycles. The first kappa shape index (κ1) is 18.3. The van der Waals surface area contributed by atoms with E-state index in [2.05, 4.69) is 6.92 Å². The molecule has 0 aliphatic carbocycles. The van der Waals surface area contributed by atoms with Crippen molar-refractivity contribution in [2.45, 2.75) is 19.4 Å². The van der Waals surface area contributed by atoms with Gasteiger partial charge in [0.25, 0.3) is 5.91 Å². The number of epoxide rings is 1. The lowest BCUT2D eigenvalue weighted by Crippen LogP contribution is -2.26. The number of ether oxygens (including phenoxy) is 2. The van der Waals surface area contributed by atoms with Gasteiger partial charge in [-0.15, -0.1) is 0 Å². The number of para-hydroxylation sites is 2. The summed E-state index contributed by atoms with van der Waals surface area (Å²) >= 11 is 0. The van der Waals surface area contributed by atoms with Crippen molar-refractivity contribution < 1.29 is 14.3 Å². The van der Waals surface area contributed by atoms with E-state index < -0.39 is 0 Å². The third-order valence-electron chi connectivity index (χ3n) is 4.75. The van der Waals surface area contributed by atoms with Crippen LogP contribution in [0.3, 0.4) is 0 Å². The fourth-order valence-electron chi connectivity index (χ4n) is 3.14. The van der Waals surface area contributed by atoms with Gasteiger partial charge in [-0.05, 0) is 54.4 Å². The zero-order valence-corrected chi connectivity index (χ0v) is 15.9. The van der Waals surface area contributed by atoms with Gasteiger partial charge in [-0.3, -0.25) is 9.69 Å². The number of aryl methyl sites for hydroxylation is 1. The van der Waals surface area contributed by atoms with Gasteiger partial charge in [0.15, 0.2) is 0 Å². The van der Waals surface area contributed by atoms with Crippen LogP contribution in [0.4, 0.5) is 11.4 Å². The van der Waals surface area contributed by atoms with E-state index in [-0.39, 0.29) is 12.0 Å². The first-order valence-electron chi connectivity index (χ1n) is 9.58. The van der Waals surface area contributed by atoms with Crippen LogP contribution in [-0.4, -0.2) is 25.2 Å². The second-order valence-corrected chi connectivity index (χ2v) is 6.75. The van der Waals surface area contributed by atoms with Crippen LogP contribution < -0.4 is 9.64 Å². The van der Waals surface area contributed by atoms with Crippen LogP contribution in [0.15, 0.2) is 78.9 Å². The Balaban J connectivity index is 1.66. The molecular formula is C24H23NO3. The summed E-state index contributed by atoms with van der Waals surface area (Å²) in [5, 5.41) is 0. The Morgan fingerprint density at radius 2 is 1.61 bits per heavy atom. The van der Waals surface area contributed by atoms with Crippen molar-refractivity contribution in [2.24, 2.45) is 0 Å². The van der Waals surface area contributed by atoms with Crippen LogP contribution in [0.25, 0.3) is 0 Å². The van der Waals surface area contributed by atoms with Crippen molar-refractivity contribution in [1.82, 2.24) is 0 Å². The third-order valence-corrected chi connectivity index (χ3v) is 4.75. The minimum absolute atomic E-state index is 0.0656. The molecular weight excluding hydrogens is 350 g/mol. The summed E-state index contributed by atoms with van der Waals surface area (Å²) in [5.41, 5.74) is 3.33. The summed E-state index contributed by atoms with van der Waals surface area (Å²) in [6.45, 7) is 3.39. The summed E-state index contributed by atoms with van der Waals surface area (Å²) in [6, 6.07) is 25.1. The van der Waals surface area contributed by atoms with E-state index >= 15 is 0 Å². The number of hydrogen-bond donors (Lipinski definition) is 0. The highest BCUT2D eigenvalue weighted by Gasteiger charge is 2.24. The average Bonchev–Trinajstić information content (AvgIpc) is 3.58. The van der Waals surface area contributed by atoms with Crippen LogP contribution in [0, 0.1) is 0 Å². The van der Waals surface area contributed by atoms with Crippen molar-refractivity contribution in [3.05, 3.63) is 90.0 Å². The maximum atomic E-state index is 13.5. The molecule has 0 N–H and O–H groups in total. The smallest absolute Gasteiger partial charge is 0.262 e. The van der Waals surface area contributed by atoms with E-state index in [1.807, 2.05) is 78.9 Å². The molecule has 1 unspecified atom stereocenters. The molecule has 28 heavy (non-hydrogen) atoms. The highest BCUT2D eigenvalue weighted by molar-refractivity contribution is 6.11. The molecule has 0 radical (unpaired) electrons. The van der Waals surface area contributed by atoms with Crippen molar-refractivity contribution in [1.29, 1.82) is 0 Å². The average molecular weight is 373 g/mol. The summed E-state index contributed by atoms with van der Waals surface area (Å²) < 4.78 is 11.1. The molecule has 3 aromatic rings. The predicted molar refractivity (Wildman–Crippen MR) is 110 cm³/mol. The number of anilines is 2. The van der Waals surface area contributed by atoms with E-state index in [0.29, 0.717) is 12.2 Å². The molecule has 4 heteroatoms. The Kier molecular flexibility index (Phi) is 5.40. The van der Waals surface area contributed by atoms with Gasteiger partial charge in [-0.1, -0.05) is 43.3 Å². The fourth-order valence-corrected chi connectivity index (χ4v) is 3.14. The van der Waals surface area contributed by atoms with Crippen molar-refractivity contribution in [3.8, 4) is 5.75 Å². The molecule has 1 heterocycles. The summed E-state index contributed by atoms with van der Waals surface area (Å²) in [5.74, 6) is 0.754. The van der Waals surface area contributed by atoms with E-state index in [9.17, 15) is 4.79 Å². The van der Waals surface area contributed by atoms with Gasteiger partial charge in [-0.25, -0.2) is 0 Å². The van der Waals surface area contributed by atoms with E-state index in [1.165, 1.54) is 0 Å². The maximum Gasteiger partial charge on any atom is 0.262 e. The van der Waals surface area contributed by atoms with Gasteiger partial charge in [0, 0.05) is 16.9 Å². The van der Waals surface area contributed by atoms with E-state index in [0.717, 1.165) is 35.7 Å². The van der Waals surface area contributed by atoms with Gasteiger partial charge in [0.1, 0.15) is 18.5 Å². The lowest BCUT2D eigenvalue weighted by molar-refractivity contribution is 0.0999. The highest BCUT2D eigenvalue weighted by Crippen LogP contribution is 2.29. The quantitative estimate of drug-likeness (QED) is 0.547. The summed E-state index contributed by atoms with van der Waals surface area (Å²) in [4.78, 5) is 15.2. The van der Waals surface area contributed by atoms with E-state index in [4.69, 9.17) is 9.47 Å². The Morgan fingerprint density at radius 1 is 1.00 bits per heavy atom. The largest absolute Gasteiger partial charge is 0.491 e. The summed E-state index contributed by atoms with van der Waals surface area (Å²) in [6.07, 6.45) is 0.997. The summed E-state index contributed by atoms with van der Waals surface area (Å²) in [7, 11) is 0. The first-order valence-corrected chi connectivity index (χ1v) is 9.58. The molecule has 4 rings (SSSR count). The molecule has 1 amide bonds. The number of amides is 1. The van der Waals surface area contributed by atoms with E-state index in [1.54, 1.807) is 4.90 Å². The number of hydrogen-bond acceptors (Lipinski definition) is 3. The van der Waals surface area contributed by atoms with Gasteiger partial charge in [-0.2, -0.15) is 0 Å². The van der Waals surface area contributed by atoms with Gasteiger partial charge >= 0.3 is 0 Å². The molecule has 1 fully saturated rings. The van der Waals surface area contributed by atoms with Gasteiger partial charge in [0.2, 0.25) is 0 Å². The maximum absolute atomic E-state index is 13.5. The van der Waals surface area contributed by atoms with Crippen molar-refractivity contribution >= 4 is 17.3 Å². The number of carbonyl (C=O) groups is 1. The van der Waals surface area contributed by atoms with Crippen LogP contribution in [0.2, 0.25) is 0 Å². The fraction of sp³-hybridized carbons (Fsp3) is 0.208. The number of benzene rings is 3. The monoisotopic (exact) mass is 373 g/mol. The topological polar surface area (TPSA) is 42.1 Å². The molecule has 0 aromatic heterocycles. The van der Waals surface area contributed by atoms with Crippen LogP contribution in [-0.2, 0) is 11.2 Å². The zero-order valence-electron chi connectivity index (χ0n) is 15.9. The van der Waals surface area contributed by atoms with Crippen molar-refractivity contribution in [3.63, 3.8) is 0 Å². The lowest BCUT2D eigenvalue weighted by Gasteiger charge is -2.23. The second kappa shape index (κ2) is 8.28. The molecule has 0 saturated carbocycles. The lowest BCUT2D eigenvalue weighted by atomic mass is 10.1. The van der Waals surface area contributed by atoms with Gasteiger partial charge < -0.3 is 9.47 Å². The molecule has 4 nitrogen and oxygen atoms in total. The molecule has 3 aromatic carbocycles. The number of nitrogens with zero attached hydrogens (tertiary/aromatic N) is 1. The molecule has 0 bridgehead atoms. The molecule has 0 spiro atoms. The minimum Gasteiger partial charge on any atom is -0.491 e. The Morgan fingerprint density at radius 3 is 2.14 bits per heavy atom. The first-order chi connectivity index (χ1) is 13.8.